The Morgan fingerprint density at radius 1 is 1.16 bits per heavy atom. The number of carbonyl (C=O) groups excluding carboxylic acids is 2. The number of aromatic nitrogens is 1. The van der Waals surface area contributed by atoms with Crippen molar-refractivity contribution in [2.24, 2.45) is 5.73 Å². The van der Waals surface area contributed by atoms with Gasteiger partial charge in [0.25, 0.3) is 5.91 Å². The summed E-state index contributed by atoms with van der Waals surface area (Å²) in [5.41, 5.74) is -1.40. The number of ether oxygens (including phenoxy) is 4. The summed E-state index contributed by atoms with van der Waals surface area (Å²) in [7, 11) is 2.54. The lowest BCUT2D eigenvalue weighted by Crippen LogP contribution is -2.51. The van der Waals surface area contributed by atoms with Crippen LogP contribution in [-0.2, 0) is 15.9 Å². The van der Waals surface area contributed by atoms with Gasteiger partial charge in [0.15, 0.2) is 22.4 Å². The van der Waals surface area contributed by atoms with E-state index in [9.17, 15) is 27.9 Å². The van der Waals surface area contributed by atoms with E-state index in [1.54, 1.807) is 0 Å². The molecule has 14 heteroatoms. The van der Waals surface area contributed by atoms with E-state index in [2.05, 4.69) is 10.3 Å². The monoisotopic (exact) mass is 561 g/mol. The van der Waals surface area contributed by atoms with Gasteiger partial charge in [-0.2, -0.15) is 13.2 Å². The highest BCUT2D eigenvalue weighted by Crippen LogP contribution is 2.43. The molecular weight excluding hydrogens is 535 g/mol. The number of hydrogen-bond acceptors (Lipinski definition) is 8. The Bertz CT molecular complexity index is 1220. The summed E-state index contributed by atoms with van der Waals surface area (Å²) < 4.78 is 63.8. The predicted molar refractivity (Wildman–Crippen MR) is 128 cm³/mol. The number of nitrogens with one attached hydrogen (secondary N) is 1. The van der Waals surface area contributed by atoms with Crippen molar-refractivity contribution in [2.75, 3.05) is 20.8 Å². The topological polar surface area (TPSA) is 142 Å². The number of alkyl halides is 3. The smallest absolute Gasteiger partial charge is 0.424 e. The molecule has 0 saturated heterocycles. The Balaban J connectivity index is 1.95. The number of nitrogens with zero attached hydrogens (tertiary/aromatic N) is 1. The van der Waals surface area contributed by atoms with Gasteiger partial charge in [-0.25, -0.2) is 9.78 Å². The number of hydrogen-bond donors (Lipinski definition) is 3. The van der Waals surface area contributed by atoms with E-state index in [0.717, 1.165) is 18.9 Å². The molecule has 208 valence electrons. The molecule has 1 atom stereocenters. The molecule has 1 saturated carbocycles. The Morgan fingerprint density at radius 2 is 1.82 bits per heavy atom. The van der Waals surface area contributed by atoms with Crippen LogP contribution in [0.5, 0.6) is 17.2 Å². The summed E-state index contributed by atoms with van der Waals surface area (Å²) in [6.07, 6.45) is -4.71. The van der Waals surface area contributed by atoms with Crippen molar-refractivity contribution in [2.45, 2.75) is 50.2 Å². The van der Waals surface area contributed by atoms with Gasteiger partial charge in [0.05, 0.1) is 32.6 Å². The number of halogens is 4. The Kier molecular flexibility index (Phi) is 8.22. The van der Waals surface area contributed by atoms with Gasteiger partial charge >= 0.3 is 12.3 Å². The summed E-state index contributed by atoms with van der Waals surface area (Å²) >= 11 is 6.08. The third-order valence-electron chi connectivity index (χ3n) is 5.78. The van der Waals surface area contributed by atoms with Crippen LogP contribution in [0.15, 0.2) is 24.3 Å². The van der Waals surface area contributed by atoms with E-state index in [-0.39, 0.29) is 28.7 Å². The highest BCUT2D eigenvalue weighted by atomic mass is 35.5. The van der Waals surface area contributed by atoms with Crippen LogP contribution in [0.3, 0.4) is 0 Å². The van der Waals surface area contributed by atoms with Crippen molar-refractivity contribution in [3.63, 3.8) is 0 Å². The molecule has 1 aliphatic rings. The summed E-state index contributed by atoms with van der Waals surface area (Å²) in [6.45, 7) is 1.33. The first-order chi connectivity index (χ1) is 17.6. The molecule has 0 radical (unpaired) electrons. The number of benzene rings is 1. The molecule has 1 aromatic heterocycles. The lowest BCUT2D eigenvalue weighted by atomic mass is 9.91. The standard InChI is InChI=1S/C24H27ClF3N3O7/c1-22(2,38-21(29)33)14-10-17(31-19(25)18(14)36-4)23(34,24(26,27)28)11-30-20(32)12-5-8-15(16(9-12)35-3)37-13-6-7-13/h5,8-10,13,34H,6-7,11H2,1-4H3,(H2,29,33)(H,30,32). The summed E-state index contributed by atoms with van der Waals surface area (Å²) in [5, 5.41) is 12.4. The number of methoxy groups -OCH3 is 2. The van der Waals surface area contributed by atoms with Crippen LogP contribution in [0.1, 0.15) is 48.3 Å². The van der Waals surface area contributed by atoms with Crippen molar-refractivity contribution < 1.29 is 46.8 Å². The van der Waals surface area contributed by atoms with Gasteiger partial charge in [-0.1, -0.05) is 11.6 Å². The van der Waals surface area contributed by atoms with Crippen LogP contribution in [-0.4, -0.2) is 55.1 Å². The summed E-state index contributed by atoms with van der Waals surface area (Å²) in [6, 6.07) is 4.96. The van der Waals surface area contributed by atoms with E-state index in [0.29, 0.717) is 5.75 Å². The Hall–Kier alpha value is -3.45. The molecule has 1 unspecified atom stereocenters. The molecular formula is C24H27ClF3N3O7. The van der Waals surface area contributed by atoms with Crippen molar-refractivity contribution in [3.8, 4) is 17.2 Å². The van der Waals surface area contributed by atoms with E-state index in [4.69, 9.17) is 36.3 Å². The van der Waals surface area contributed by atoms with Gasteiger partial charge < -0.3 is 35.1 Å². The van der Waals surface area contributed by atoms with Crippen molar-refractivity contribution in [1.82, 2.24) is 10.3 Å². The van der Waals surface area contributed by atoms with Gasteiger partial charge in [-0.05, 0) is 51.0 Å². The first-order valence-corrected chi connectivity index (χ1v) is 11.7. The van der Waals surface area contributed by atoms with Crippen molar-refractivity contribution in [3.05, 3.63) is 46.2 Å². The Morgan fingerprint density at radius 3 is 2.34 bits per heavy atom. The summed E-state index contributed by atoms with van der Waals surface area (Å²) in [5.74, 6) is -0.513. The average Bonchev–Trinajstić information content (AvgIpc) is 3.64. The number of primary amides is 1. The normalized spacial score (nSPS) is 15.3. The number of amides is 2. The molecule has 2 amide bonds. The maximum absolute atomic E-state index is 14.2. The van der Waals surface area contributed by atoms with Gasteiger partial charge in [0.1, 0.15) is 5.60 Å². The Labute approximate surface area is 221 Å². The molecule has 1 fully saturated rings. The first-order valence-electron chi connectivity index (χ1n) is 11.3. The zero-order valence-electron chi connectivity index (χ0n) is 20.9. The van der Waals surface area contributed by atoms with Crippen molar-refractivity contribution in [1.29, 1.82) is 0 Å². The number of nitrogens with two attached hydrogens (primary N) is 1. The van der Waals surface area contributed by atoms with E-state index in [1.165, 1.54) is 46.3 Å². The minimum atomic E-state index is -5.32. The number of pyridine rings is 1. The maximum atomic E-state index is 14.2. The van der Waals surface area contributed by atoms with Gasteiger partial charge in [0, 0.05) is 11.1 Å². The van der Waals surface area contributed by atoms with Gasteiger partial charge in [-0.15, -0.1) is 0 Å². The minimum Gasteiger partial charge on any atom is -0.493 e. The molecule has 0 spiro atoms. The number of rotatable bonds is 10. The van der Waals surface area contributed by atoms with E-state index >= 15 is 0 Å². The molecule has 10 nitrogen and oxygen atoms in total. The maximum Gasteiger partial charge on any atom is 0.424 e. The SMILES string of the molecule is COc1cc(C(=O)NCC(O)(c2cc(C(C)(C)OC(N)=O)c(OC)c(Cl)n2)C(F)(F)F)ccc1OC1CC1. The molecule has 4 N–H and O–H groups in total. The molecule has 1 aliphatic carbocycles. The number of aliphatic hydroxyl groups is 1. The van der Waals surface area contributed by atoms with Crippen LogP contribution < -0.4 is 25.3 Å². The molecule has 2 aromatic rings. The van der Waals surface area contributed by atoms with E-state index in [1.807, 2.05) is 0 Å². The van der Waals surface area contributed by atoms with Crippen LogP contribution >= 0.6 is 11.6 Å². The fourth-order valence-corrected chi connectivity index (χ4v) is 3.85. The largest absolute Gasteiger partial charge is 0.493 e. The van der Waals surface area contributed by atoms with Gasteiger partial charge in [-0.3, -0.25) is 4.79 Å². The van der Waals surface area contributed by atoms with Crippen LogP contribution in [0, 0.1) is 0 Å². The molecule has 1 aromatic carbocycles. The lowest BCUT2D eigenvalue weighted by molar-refractivity contribution is -0.265. The fourth-order valence-electron chi connectivity index (χ4n) is 3.58. The molecule has 38 heavy (non-hydrogen) atoms. The molecule has 0 aliphatic heterocycles. The fraction of sp³-hybridized carbons (Fsp3) is 0.458. The lowest BCUT2D eigenvalue weighted by Gasteiger charge is -2.33. The third kappa shape index (κ3) is 6.16. The van der Waals surface area contributed by atoms with Crippen molar-refractivity contribution >= 4 is 23.6 Å². The summed E-state index contributed by atoms with van der Waals surface area (Å²) in [4.78, 5) is 27.8. The predicted octanol–water partition coefficient (Wildman–Crippen LogP) is 3.80. The van der Waals surface area contributed by atoms with Crippen LogP contribution in [0.2, 0.25) is 5.15 Å². The second-order valence-electron chi connectivity index (χ2n) is 9.03. The zero-order chi connectivity index (χ0) is 28.5. The zero-order valence-corrected chi connectivity index (χ0v) is 21.7. The minimum absolute atomic E-state index is 0.0353. The molecule has 3 rings (SSSR count). The van der Waals surface area contributed by atoms with Crippen LogP contribution in [0.25, 0.3) is 0 Å². The number of carbonyl (C=O) groups is 2. The highest BCUT2D eigenvalue weighted by molar-refractivity contribution is 6.31. The van der Waals surface area contributed by atoms with E-state index < -0.39 is 46.8 Å². The second kappa shape index (κ2) is 10.7. The molecule has 0 bridgehead atoms. The van der Waals surface area contributed by atoms with Gasteiger partial charge in [0.2, 0.25) is 5.60 Å². The second-order valence-corrected chi connectivity index (χ2v) is 9.39. The van der Waals surface area contributed by atoms with Crippen LogP contribution in [0.4, 0.5) is 18.0 Å². The highest BCUT2D eigenvalue weighted by Gasteiger charge is 2.57. The average molecular weight is 562 g/mol. The third-order valence-corrected chi connectivity index (χ3v) is 6.04. The first kappa shape index (κ1) is 29.1. The molecule has 1 heterocycles. The quantitative estimate of drug-likeness (QED) is 0.372.